The van der Waals surface area contributed by atoms with E-state index in [-0.39, 0.29) is 47.7 Å². The van der Waals surface area contributed by atoms with Crippen molar-refractivity contribution in [3.63, 3.8) is 0 Å². The molecule has 11 nitrogen and oxygen atoms in total. The van der Waals surface area contributed by atoms with E-state index >= 15 is 0 Å². The summed E-state index contributed by atoms with van der Waals surface area (Å²) in [5, 5.41) is 11.2. The van der Waals surface area contributed by atoms with E-state index in [4.69, 9.17) is 9.31 Å². The summed E-state index contributed by atoms with van der Waals surface area (Å²) in [5.74, 6) is -0.493. The zero-order chi connectivity index (χ0) is 33.1. The third-order valence-electron chi connectivity index (χ3n) is 10.1. The van der Waals surface area contributed by atoms with E-state index < -0.39 is 43.2 Å². The lowest BCUT2D eigenvalue weighted by molar-refractivity contribution is -0.199. The van der Waals surface area contributed by atoms with Crippen molar-refractivity contribution in [2.75, 3.05) is 13.6 Å². The third-order valence-corrected chi connectivity index (χ3v) is 10.1. The van der Waals surface area contributed by atoms with E-state index in [2.05, 4.69) is 46.8 Å². The minimum absolute atomic E-state index is 0.00744. The Labute approximate surface area is 267 Å². The Morgan fingerprint density at radius 2 is 1.60 bits per heavy atom. The van der Waals surface area contributed by atoms with Crippen LogP contribution in [0.5, 0.6) is 0 Å². The predicted octanol–water partition coefficient (Wildman–Crippen LogP) is 3.01. The lowest BCUT2D eigenvalue weighted by Gasteiger charge is -2.64. The molecule has 0 aromatic heterocycles. The number of carbonyl (C=O) groups is 4. The van der Waals surface area contributed by atoms with Crippen LogP contribution in [0, 0.1) is 29.1 Å². The Hall–Kier alpha value is -3.12. The summed E-state index contributed by atoms with van der Waals surface area (Å²) < 4.78 is 17.4. The number of carbonyl (C=O) groups excluding carboxylic acids is 4. The standard InChI is InChI=1S/C33H51BN4O7/c1-19(2)14-23(28(39)35-18-34-44-26-17-22-16-25(32(22,5)6)33(26,7)45-34)36-29(40)24(15-21-12-10-9-11-13-21)37-30(41)27(20(3)4)38-31(42)43-8/h9-13,19-20,22-27H,14-18H2,1-8H3,(H,35,39)(H,36,40)(H,37,41)(H,38,42)/t22?,23-,24-,25-,26+,27-,33-/m0/s1. The first kappa shape index (κ1) is 34.8. The molecule has 3 saturated carbocycles. The Bertz CT molecular complexity index is 1230. The van der Waals surface area contributed by atoms with Crippen LogP contribution in [0.3, 0.4) is 0 Å². The first-order valence-electron chi connectivity index (χ1n) is 16.3. The Balaban J connectivity index is 1.42. The van der Waals surface area contributed by atoms with Gasteiger partial charge in [0.2, 0.25) is 17.7 Å². The number of alkyl carbamates (subject to hydrolysis) is 1. The van der Waals surface area contributed by atoms with E-state index in [0.717, 1.165) is 18.4 Å². The van der Waals surface area contributed by atoms with Gasteiger partial charge in [0.1, 0.15) is 18.1 Å². The molecule has 0 spiro atoms. The van der Waals surface area contributed by atoms with E-state index in [9.17, 15) is 19.2 Å². The third kappa shape index (κ3) is 7.82. The Morgan fingerprint density at radius 3 is 2.20 bits per heavy atom. The van der Waals surface area contributed by atoms with E-state index in [0.29, 0.717) is 18.3 Å². The molecule has 12 heteroatoms. The van der Waals surface area contributed by atoms with Gasteiger partial charge in [-0.1, -0.05) is 71.9 Å². The molecule has 7 atom stereocenters. The van der Waals surface area contributed by atoms with Crippen LogP contribution in [0.15, 0.2) is 30.3 Å². The van der Waals surface area contributed by atoms with Gasteiger partial charge in [-0.05, 0) is 60.8 Å². The number of ether oxygens (including phenoxy) is 1. The maximum absolute atomic E-state index is 13.8. The van der Waals surface area contributed by atoms with Gasteiger partial charge < -0.3 is 35.3 Å². The van der Waals surface area contributed by atoms with E-state index in [1.54, 1.807) is 13.8 Å². The van der Waals surface area contributed by atoms with Crippen LogP contribution in [0.1, 0.15) is 73.3 Å². The minimum Gasteiger partial charge on any atom is -0.453 e. The van der Waals surface area contributed by atoms with E-state index in [1.165, 1.54) is 7.11 Å². The minimum atomic E-state index is -0.998. The molecule has 1 aliphatic heterocycles. The van der Waals surface area contributed by atoms with Gasteiger partial charge in [0.25, 0.3) is 0 Å². The highest BCUT2D eigenvalue weighted by Crippen LogP contribution is 2.65. The molecule has 1 unspecified atom stereocenters. The zero-order valence-electron chi connectivity index (χ0n) is 28.0. The molecular formula is C33H51BN4O7. The van der Waals surface area contributed by atoms with Crippen LogP contribution in [0.25, 0.3) is 0 Å². The molecule has 1 aromatic rings. The largest absolute Gasteiger partial charge is 0.478 e. The van der Waals surface area contributed by atoms with Gasteiger partial charge in [-0.3, -0.25) is 14.4 Å². The summed E-state index contributed by atoms with van der Waals surface area (Å²) in [6, 6.07) is 6.54. The number of methoxy groups -OCH3 is 1. The smallest absolute Gasteiger partial charge is 0.453 e. The molecule has 248 valence electrons. The summed E-state index contributed by atoms with van der Waals surface area (Å²) in [5.41, 5.74) is 0.672. The number of hydrogen-bond donors (Lipinski definition) is 4. The Kier molecular flexibility index (Phi) is 10.9. The van der Waals surface area contributed by atoms with Crippen LogP contribution in [-0.2, 0) is 34.9 Å². The molecule has 2 bridgehead atoms. The van der Waals surface area contributed by atoms with Crippen molar-refractivity contribution in [2.24, 2.45) is 29.1 Å². The van der Waals surface area contributed by atoms with Gasteiger partial charge in [0, 0.05) is 6.42 Å². The predicted molar refractivity (Wildman–Crippen MR) is 171 cm³/mol. The van der Waals surface area contributed by atoms with Crippen molar-refractivity contribution in [1.29, 1.82) is 0 Å². The summed E-state index contributed by atoms with van der Waals surface area (Å²) in [4.78, 5) is 52.5. The van der Waals surface area contributed by atoms with Gasteiger partial charge in [-0.15, -0.1) is 0 Å². The summed E-state index contributed by atoms with van der Waals surface area (Å²) in [6.07, 6.45) is 2.12. The number of hydrogen-bond acceptors (Lipinski definition) is 7. The molecule has 1 saturated heterocycles. The second-order valence-corrected chi connectivity index (χ2v) is 14.4. The summed E-state index contributed by atoms with van der Waals surface area (Å²) >= 11 is 0. The fraction of sp³-hybridized carbons (Fsp3) is 0.697. The fourth-order valence-corrected chi connectivity index (χ4v) is 7.36. The maximum Gasteiger partial charge on any atom is 0.478 e. The molecule has 4 N–H and O–H groups in total. The van der Waals surface area contributed by atoms with Crippen LogP contribution in [-0.4, -0.2) is 74.3 Å². The first-order chi connectivity index (χ1) is 21.1. The number of nitrogens with one attached hydrogen (secondary N) is 4. The van der Waals surface area contributed by atoms with Crippen LogP contribution in [0.4, 0.5) is 4.79 Å². The quantitative estimate of drug-likeness (QED) is 0.247. The molecule has 0 radical (unpaired) electrons. The second kappa shape index (κ2) is 14.1. The van der Waals surface area contributed by atoms with Crippen molar-refractivity contribution in [3.05, 3.63) is 35.9 Å². The van der Waals surface area contributed by atoms with Crippen molar-refractivity contribution in [2.45, 2.75) is 104 Å². The number of rotatable bonds is 13. The summed E-state index contributed by atoms with van der Waals surface area (Å²) in [6.45, 7) is 14.3. The zero-order valence-corrected chi connectivity index (χ0v) is 28.0. The van der Waals surface area contributed by atoms with Gasteiger partial charge >= 0.3 is 13.2 Å². The van der Waals surface area contributed by atoms with Crippen molar-refractivity contribution in [1.82, 2.24) is 21.3 Å². The van der Waals surface area contributed by atoms with Crippen molar-refractivity contribution < 1.29 is 33.2 Å². The molecule has 45 heavy (non-hydrogen) atoms. The van der Waals surface area contributed by atoms with Crippen LogP contribution in [0.2, 0.25) is 0 Å². The molecule has 4 amide bonds. The number of amides is 4. The molecule has 1 heterocycles. The summed E-state index contributed by atoms with van der Waals surface area (Å²) in [7, 11) is 0.660. The second-order valence-electron chi connectivity index (χ2n) is 14.4. The van der Waals surface area contributed by atoms with Gasteiger partial charge in [-0.2, -0.15) is 0 Å². The molecule has 5 rings (SSSR count). The van der Waals surface area contributed by atoms with Crippen LogP contribution < -0.4 is 21.3 Å². The van der Waals surface area contributed by atoms with Crippen LogP contribution >= 0.6 is 0 Å². The molecule has 4 fully saturated rings. The van der Waals surface area contributed by atoms with E-state index in [1.807, 2.05) is 44.2 Å². The van der Waals surface area contributed by atoms with Gasteiger partial charge in [0.05, 0.1) is 25.3 Å². The average molecular weight is 627 g/mol. The molecular weight excluding hydrogens is 575 g/mol. The van der Waals surface area contributed by atoms with Crippen molar-refractivity contribution in [3.8, 4) is 0 Å². The van der Waals surface area contributed by atoms with Crippen molar-refractivity contribution >= 4 is 30.9 Å². The maximum atomic E-state index is 13.8. The van der Waals surface area contributed by atoms with Gasteiger partial charge in [0.15, 0.2) is 0 Å². The highest BCUT2D eigenvalue weighted by Gasteiger charge is 2.67. The highest BCUT2D eigenvalue weighted by molar-refractivity contribution is 6.46. The Morgan fingerprint density at radius 1 is 0.933 bits per heavy atom. The molecule has 3 aliphatic carbocycles. The molecule has 4 aliphatic rings. The number of benzene rings is 1. The highest BCUT2D eigenvalue weighted by atomic mass is 16.7. The lowest BCUT2D eigenvalue weighted by atomic mass is 9.43. The lowest BCUT2D eigenvalue weighted by Crippen LogP contribution is -2.65. The monoisotopic (exact) mass is 626 g/mol. The first-order valence-corrected chi connectivity index (χ1v) is 16.3. The fourth-order valence-electron chi connectivity index (χ4n) is 7.36. The average Bonchev–Trinajstić information content (AvgIpc) is 3.33. The van der Waals surface area contributed by atoms with Gasteiger partial charge in [-0.25, -0.2) is 4.79 Å². The normalized spacial score (nSPS) is 26.6. The molecule has 1 aromatic carbocycles. The SMILES string of the molecule is COC(=O)N[C@H](C(=O)N[C@@H](Cc1ccccc1)C(=O)N[C@@H](CC(C)C)C(=O)NCB1O[C@@H]2CC3C[C@@H](C3(C)C)[C@]2(C)O1)C(C)C. The topological polar surface area (TPSA) is 144 Å².